The summed E-state index contributed by atoms with van der Waals surface area (Å²) in [6.45, 7) is 6.41. The number of hydrogen-bond donors (Lipinski definition) is 1. The second kappa shape index (κ2) is 12.6. The van der Waals surface area contributed by atoms with Crippen molar-refractivity contribution in [1.82, 2.24) is 25.5 Å². The number of benzene rings is 3. The predicted molar refractivity (Wildman–Crippen MR) is 140 cm³/mol. The predicted octanol–water partition coefficient (Wildman–Crippen LogP) is 5.48. The van der Waals surface area contributed by atoms with E-state index in [2.05, 4.69) is 39.9 Å². The number of tetrazole rings is 1. The van der Waals surface area contributed by atoms with Crippen molar-refractivity contribution in [2.75, 3.05) is 18.9 Å². The molecule has 7 nitrogen and oxygen atoms in total. The second-order valence-corrected chi connectivity index (χ2v) is 9.24. The third-order valence-electron chi connectivity index (χ3n) is 5.32. The molecule has 35 heavy (non-hydrogen) atoms. The lowest BCUT2D eigenvalue weighted by molar-refractivity contribution is 0.268. The van der Waals surface area contributed by atoms with Crippen molar-refractivity contribution in [3.05, 3.63) is 88.4 Å². The van der Waals surface area contributed by atoms with Crippen molar-refractivity contribution < 1.29 is 9.47 Å². The van der Waals surface area contributed by atoms with E-state index in [1.165, 1.54) is 5.56 Å². The Morgan fingerprint density at radius 3 is 2.54 bits per heavy atom. The first-order chi connectivity index (χ1) is 17.2. The number of hydrogen-bond acceptors (Lipinski definition) is 7. The summed E-state index contributed by atoms with van der Waals surface area (Å²) in [5.74, 6) is 2.15. The first kappa shape index (κ1) is 25.0. The number of nitrogens with zero attached hydrogens (tertiary/aromatic N) is 4. The molecule has 1 heterocycles. The molecule has 182 valence electrons. The molecule has 0 spiro atoms. The van der Waals surface area contributed by atoms with Crippen LogP contribution < -0.4 is 14.8 Å². The van der Waals surface area contributed by atoms with Gasteiger partial charge in [-0.15, -0.1) is 5.10 Å². The highest BCUT2D eigenvalue weighted by Gasteiger charge is 2.13. The quantitative estimate of drug-likeness (QED) is 0.200. The van der Waals surface area contributed by atoms with E-state index < -0.39 is 0 Å². The van der Waals surface area contributed by atoms with Crippen LogP contribution in [0.2, 0.25) is 5.02 Å². The molecule has 0 saturated heterocycles. The van der Waals surface area contributed by atoms with Crippen LogP contribution in [-0.4, -0.2) is 39.1 Å². The van der Waals surface area contributed by atoms with Crippen LogP contribution in [0.25, 0.3) is 5.69 Å². The molecule has 4 aromatic rings. The van der Waals surface area contributed by atoms with Gasteiger partial charge in [0.2, 0.25) is 5.16 Å². The largest absolute Gasteiger partial charge is 0.490 e. The van der Waals surface area contributed by atoms with Gasteiger partial charge in [-0.25, -0.2) is 0 Å². The Bertz CT molecular complexity index is 1240. The van der Waals surface area contributed by atoms with E-state index in [1.807, 2.05) is 61.5 Å². The standard InChI is InChI=1S/C26H28ClN5O2S/c1-3-33-24-15-21(23(27)16-25(24)34-18-20-10-8-7-9-19(20)2)17-28-13-14-35-26-29-30-31-32(26)22-11-5-4-6-12-22/h4-12,15-16,28H,3,13-14,17-18H2,1-2H3. The van der Waals surface area contributed by atoms with Gasteiger partial charge in [0.25, 0.3) is 0 Å². The fourth-order valence-electron chi connectivity index (χ4n) is 3.46. The Morgan fingerprint density at radius 1 is 0.971 bits per heavy atom. The number of nitrogens with one attached hydrogen (secondary N) is 1. The minimum absolute atomic E-state index is 0.459. The van der Waals surface area contributed by atoms with Crippen molar-refractivity contribution in [2.45, 2.75) is 32.2 Å². The van der Waals surface area contributed by atoms with Gasteiger partial charge in [0.05, 0.1) is 12.3 Å². The zero-order chi connectivity index (χ0) is 24.5. The Hall–Kier alpha value is -3.07. The Labute approximate surface area is 214 Å². The van der Waals surface area contributed by atoms with Gasteiger partial charge in [-0.1, -0.05) is 65.8 Å². The molecule has 0 bridgehead atoms. The van der Waals surface area contributed by atoms with Gasteiger partial charge in [0, 0.05) is 29.9 Å². The van der Waals surface area contributed by atoms with Crippen molar-refractivity contribution >= 4 is 23.4 Å². The molecule has 0 radical (unpaired) electrons. The zero-order valence-corrected chi connectivity index (χ0v) is 21.4. The van der Waals surface area contributed by atoms with Crippen LogP contribution in [0.4, 0.5) is 0 Å². The van der Waals surface area contributed by atoms with Crippen molar-refractivity contribution in [3.8, 4) is 17.2 Å². The summed E-state index contributed by atoms with van der Waals surface area (Å²) in [5, 5.41) is 16.9. The summed E-state index contributed by atoms with van der Waals surface area (Å²) in [6, 6.07) is 21.8. The van der Waals surface area contributed by atoms with Gasteiger partial charge in [0.1, 0.15) is 6.61 Å². The maximum Gasteiger partial charge on any atom is 0.214 e. The fourth-order valence-corrected chi connectivity index (χ4v) is 4.47. The Balaban J connectivity index is 1.32. The molecule has 9 heteroatoms. The number of aryl methyl sites for hydroxylation is 1. The minimum Gasteiger partial charge on any atom is -0.490 e. The molecule has 0 atom stereocenters. The molecule has 0 fully saturated rings. The molecule has 0 aliphatic carbocycles. The summed E-state index contributed by atoms with van der Waals surface area (Å²) in [5.41, 5.74) is 4.21. The van der Waals surface area contributed by atoms with E-state index in [0.29, 0.717) is 36.3 Å². The van der Waals surface area contributed by atoms with E-state index in [4.69, 9.17) is 21.1 Å². The maximum atomic E-state index is 6.59. The van der Waals surface area contributed by atoms with Crippen molar-refractivity contribution in [2.24, 2.45) is 0 Å². The second-order valence-electron chi connectivity index (χ2n) is 7.77. The zero-order valence-electron chi connectivity index (χ0n) is 19.8. The molecule has 0 aliphatic heterocycles. The van der Waals surface area contributed by atoms with Gasteiger partial charge in [-0.05, 0) is 59.2 Å². The third-order valence-corrected chi connectivity index (χ3v) is 6.60. The minimum atomic E-state index is 0.459. The van der Waals surface area contributed by atoms with Crippen LogP contribution in [0.5, 0.6) is 11.5 Å². The first-order valence-corrected chi connectivity index (χ1v) is 12.8. The number of para-hydroxylation sites is 1. The highest BCUT2D eigenvalue weighted by atomic mass is 35.5. The maximum absolute atomic E-state index is 6.59. The van der Waals surface area contributed by atoms with Crippen LogP contribution in [0.3, 0.4) is 0 Å². The third kappa shape index (κ3) is 6.75. The lowest BCUT2D eigenvalue weighted by Gasteiger charge is -2.16. The Kier molecular flexibility index (Phi) is 9.00. The average molecular weight is 510 g/mol. The van der Waals surface area contributed by atoms with Crippen molar-refractivity contribution in [1.29, 1.82) is 0 Å². The normalized spacial score (nSPS) is 10.9. The number of aromatic nitrogens is 4. The molecule has 4 rings (SSSR count). The molecule has 0 aliphatic rings. The molecule has 3 aromatic carbocycles. The van der Waals surface area contributed by atoms with Crippen LogP contribution in [0.1, 0.15) is 23.6 Å². The number of rotatable bonds is 12. The number of ether oxygens (including phenoxy) is 2. The summed E-state index contributed by atoms with van der Waals surface area (Å²) < 4.78 is 13.7. The van der Waals surface area contributed by atoms with E-state index in [9.17, 15) is 0 Å². The van der Waals surface area contributed by atoms with Gasteiger partial charge < -0.3 is 14.8 Å². The summed E-state index contributed by atoms with van der Waals surface area (Å²) in [4.78, 5) is 0. The summed E-state index contributed by atoms with van der Waals surface area (Å²) >= 11 is 8.18. The Morgan fingerprint density at radius 2 is 1.74 bits per heavy atom. The van der Waals surface area contributed by atoms with Crippen LogP contribution in [0.15, 0.2) is 71.9 Å². The van der Waals surface area contributed by atoms with E-state index in [0.717, 1.165) is 34.3 Å². The topological polar surface area (TPSA) is 74.1 Å². The van der Waals surface area contributed by atoms with Crippen LogP contribution >= 0.6 is 23.4 Å². The molecule has 0 amide bonds. The molecule has 0 unspecified atom stereocenters. The monoisotopic (exact) mass is 509 g/mol. The summed E-state index contributed by atoms with van der Waals surface area (Å²) in [6.07, 6.45) is 0. The van der Waals surface area contributed by atoms with E-state index in [-0.39, 0.29) is 0 Å². The highest BCUT2D eigenvalue weighted by Crippen LogP contribution is 2.34. The number of thioether (sulfide) groups is 1. The first-order valence-electron chi connectivity index (χ1n) is 11.5. The lowest BCUT2D eigenvalue weighted by atomic mass is 10.1. The molecular formula is C26H28ClN5O2S. The molecular weight excluding hydrogens is 482 g/mol. The molecule has 1 aromatic heterocycles. The van der Waals surface area contributed by atoms with Gasteiger partial charge >= 0.3 is 0 Å². The van der Waals surface area contributed by atoms with Gasteiger partial charge in [-0.2, -0.15) is 4.68 Å². The molecule has 0 saturated carbocycles. The van der Waals surface area contributed by atoms with Gasteiger partial charge in [-0.3, -0.25) is 0 Å². The van der Waals surface area contributed by atoms with Gasteiger partial charge in [0.15, 0.2) is 11.5 Å². The van der Waals surface area contributed by atoms with Crippen molar-refractivity contribution in [3.63, 3.8) is 0 Å². The highest BCUT2D eigenvalue weighted by molar-refractivity contribution is 7.99. The van der Waals surface area contributed by atoms with Crippen LogP contribution in [0, 0.1) is 6.92 Å². The SMILES string of the molecule is CCOc1cc(CNCCSc2nnnn2-c2ccccc2)c(Cl)cc1OCc1ccccc1C. The molecule has 1 N–H and O–H groups in total. The van der Waals surface area contributed by atoms with E-state index >= 15 is 0 Å². The fraction of sp³-hybridized carbons (Fsp3) is 0.269. The average Bonchev–Trinajstić information content (AvgIpc) is 3.34. The van der Waals surface area contributed by atoms with Crippen LogP contribution in [-0.2, 0) is 13.2 Å². The summed E-state index contributed by atoms with van der Waals surface area (Å²) in [7, 11) is 0. The lowest BCUT2D eigenvalue weighted by Crippen LogP contribution is -2.17. The number of halogens is 1. The smallest absolute Gasteiger partial charge is 0.214 e. The van der Waals surface area contributed by atoms with E-state index in [1.54, 1.807) is 16.4 Å².